The zero-order chi connectivity index (χ0) is 39.3. The lowest BCUT2D eigenvalue weighted by Crippen LogP contribution is -2.02. The highest BCUT2D eigenvalue weighted by Gasteiger charge is 2.23. The first-order valence-electron chi connectivity index (χ1n) is 20.3. The lowest BCUT2D eigenvalue weighted by Gasteiger charge is -2.15. The second-order valence-electron chi connectivity index (χ2n) is 15.5. The highest BCUT2D eigenvalue weighted by Crippen LogP contribution is 2.46. The molecule has 5 heteroatoms. The molecule has 0 aliphatic heterocycles. The molecule has 0 aliphatic carbocycles. The Balaban J connectivity index is 1.13. The number of nitrogens with zero attached hydrogens (tertiary/aromatic N) is 4. The van der Waals surface area contributed by atoms with E-state index in [0.717, 1.165) is 49.3 Å². The normalized spacial score (nSPS) is 12.0. The average Bonchev–Trinajstić information content (AvgIpc) is 3.86. The molecule has 60 heavy (non-hydrogen) atoms. The van der Waals surface area contributed by atoms with E-state index in [9.17, 15) is 0 Å². The second-order valence-corrected chi connectivity index (χ2v) is 16.6. The molecule has 0 bridgehead atoms. The van der Waals surface area contributed by atoms with Gasteiger partial charge in [0, 0.05) is 42.9 Å². The van der Waals surface area contributed by atoms with E-state index in [-0.39, 0.29) is 0 Å². The fourth-order valence-corrected chi connectivity index (χ4v) is 10.7. The molecule has 3 aromatic heterocycles. The van der Waals surface area contributed by atoms with Crippen LogP contribution in [0, 0.1) is 0 Å². The molecule has 0 unspecified atom stereocenters. The Labute approximate surface area is 348 Å². The van der Waals surface area contributed by atoms with Gasteiger partial charge in [-0.2, -0.15) is 0 Å². The predicted molar refractivity (Wildman–Crippen MR) is 253 cm³/mol. The fourth-order valence-electron chi connectivity index (χ4n) is 9.49. The molecule has 0 spiro atoms. The first-order chi connectivity index (χ1) is 29.7. The molecule has 0 fully saturated rings. The number of benzene rings is 10. The van der Waals surface area contributed by atoms with Gasteiger partial charge in [-0.05, 0) is 85.6 Å². The molecule has 278 valence electrons. The van der Waals surface area contributed by atoms with E-state index in [1.54, 1.807) is 0 Å². The summed E-state index contributed by atoms with van der Waals surface area (Å²) in [7, 11) is 0. The van der Waals surface area contributed by atoms with Crippen molar-refractivity contribution < 1.29 is 0 Å². The molecule has 0 atom stereocenters. The van der Waals surface area contributed by atoms with Crippen molar-refractivity contribution in [2.45, 2.75) is 0 Å². The molecule has 0 N–H and O–H groups in total. The molecule has 10 aromatic carbocycles. The van der Waals surface area contributed by atoms with Gasteiger partial charge < -0.3 is 4.57 Å². The third kappa shape index (κ3) is 4.93. The highest BCUT2D eigenvalue weighted by atomic mass is 32.1. The van der Waals surface area contributed by atoms with Crippen LogP contribution in [0.3, 0.4) is 0 Å². The summed E-state index contributed by atoms with van der Waals surface area (Å²) in [4.78, 5) is 16.3. The number of rotatable bonds is 4. The third-order valence-corrected chi connectivity index (χ3v) is 13.4. The van der Waals surface area contributed by atoms with Gasteiger partial charge in [0.25, 0.3) is 0 Å². The minimum absolute atomic E-state index is 0.647. The van der Waals surface area contributed by atoms with Crippen LogP contribution in [0.5, 0.6) is 0 Å². The number of hydrogen-bond acceptors (Lipinski definition) is 4. The molecule has 3 heterocycles. The van der Waals surface area contributed by atoms with Crippen molar-refractivity contribution in [3.8, 4) is 39.9 Å². The molecule has 13 aromatic rings. The predicted octanol–water partition coefficient (Wildman–Crippen LogP) is 15.0. The maximum atomic E-state index is 5.47. The first-order valence-corrected chi connectivity index (χ1v) is 21.1. The van der Waals surface area contributed by atoms with Crippen molar-refractivity contribution in [2.75, 3.05) is 0 Å². The Bertz CT molecular complexity index is 3910. The molecular weight excluding hydrogens is 749 g/mol. The van der Waals surface area contributed by atoms with Crippen LogP contribution in [-0.4, -0.2) is 19.5 Å². The lowest BCUT2D eigenvalue weighted by molar-refractivity contribution is 1.08. The quantitative estimate of drug-likeness (QED) is 0.167. The van der Waals surface area contributed by atoms with Crippen molar-refractivity contribution in [3.05, 3.63) is 194 Å². The van der Waals surface area contributed by atoms with Crippen LogP contribution in [0.15, 0.2) is 194 Å². The average molecular weight is 781 g/mol. The van der Waals surface area contributed by atoms with Crippen LogP contribution < -0.4 is 0 Å². The molecule has 4 nitrogen and oxygen atoms in total. The van der Waals surface area contributed by atoms with E-state index >= 15 is 0 Å². The van der Waals surface area contributed by atoms with Crippen LogP contribution in [0.4, 0.5) is 0 Å². The molecule has 0 saturated heterocycles. The second kappa shape index (κ2) is 12.9. The van der Waals surface area contributed by atoms with Crippen molar-refractivity contribution in [1.29, 1.82) is 0 Å². The molecular formula is C55H32N4S. The summed E-state index contributed by atoms with van der Waals surface area (Å²) < 4.78 is 4.87. The van der Waals surface area contributed by atoms with Crippen molar-refractivity contribution in [3.63, 3.8) is 0 Å². The van der Waals surface area contributed by atoms with Gasteiger partial charge in [-0.3, -0.25) is 0 Å². The zero-order valence-corrected chi connectivity index (χ0v) is 33.0. The molecule has 13 rings (SSSR count). The summed E-state index contributed by atoms with van der Waals surface area (Å²) in [5, 5.41) is 14.2. The largest absolute Gasteiger partial charge is 0.308 e. The summed E-state index contributed by atoms with van der Waals surface area (Å²) in [5.41, 5.74) is 6.44. The van der Waals surface area contributed by atoms with Gasteiger partial charge in [-0.15, -0.1) is 11.3 Å². The molecule has 0 saturated carbocycles. The van der Waals surface area contributed by atoms with Crippen molar-refractivity contribution in [1.82, 2.24) is 19.5 Å². The smallest absolute Gasteiger partial charge is 0.164 e. The first kappa shape index (κ1) is 33.3. The molecule has 0 radical (unpaired) electrons. The van der Waals surface area contributed by atoms with Gasteiger partial charge in [0.1, 0.15) is 0 Å². The number of hydrogen-bond donors (Lipinski definition) is 0. The molecule has 0 amide bonds. The fraction of sp³-hybridized carbons (Fsp3) is 0. The Hall–Kier alpha value is -7.73. The van der Waals surface area contributed by atoms with E-state index < -0.39 is 0 Å². The number of thiophene rings is 1. The van der Waals surface area contributed by atoms with E-state index in [0.29, 0.717) is 17.5 Å². The summed E-state index contributed by atoms with van der Waals surface area (Å²) in [5.74, 6) is 1.94. The maximum Gasteiger partial charge on any atom is 0.164 e. The summed E-state index contributed by atoms with van der Waals surface area (Å²) in [6.07, 6.45) is 0. The third-order valence-electron chi connectivity index (χ3n) is 12.2. The van der Waals surface area contributed by atoms with Crippen LogP contribution in [0.1, 0.15) is 0 Å². The van der Waals surface area contributed by atoms with E-state index in [4.69, 9.17) is 15.0 Å². The highest BCUT2D eigenvalue weighted by molar-refractivity contribution is 7.26. The minimum Gasteiger partial charge on any atom is -0.308 e. The molecule has 0 aliphatic rings. The minimum atomic E-state index is 0.647. The Kier molecular flexibility index (Phi) is 7.14. The van der Waals surface area contributed by atoms with E-state index in [1.165, 1.54) is 58.1 Å². The Morgan fingerprint density at radius 3 is 1.73 bits per heavy atom. The van der Waals surface area contributed by atoms with Gasteiger partial charge >= 0.3 is 0 Å². The van der Waals surface area contributed by atoms with Crippen molar-refractivity contribution in [2.24, 2.45) is 0 Å². The van der Waals surface area contributed by atoms with Crippen LogP contribution in [0.2, 0.25) is 0 Å². The number of fused-ring (bicyclic) bond motifs is 11. The number of para-hydroxylation sites is 1. The van der Waals surface area contributed by atoms with Crippen LogP contribution in [-0.2, 0) is 0 Å². The van der Waals surface area contributed by atoms with Gasteiger partial charge in [0.2, 0.25) is 0 Å². The van der Waals surface area contributed by atoms with Crippen molar-refractivity contribution >= 4 is 96.4 Å². The summed E-state index contributed by atoms with van der Waals surface area (Å²) >= 11 is 1.83. The SMILES string of the molecule is c1ccc2cc3c(cc2c1)c1ccccc1n3-c1ccc(-c2nc(-c3cccc4ccccc34)nc(-c3cc4ccccc4c4ccccc34)n2)c2c1sc1ccccc12. The van der Waals surface area contributed by atoms with Gasteiger partial charge in [0.05, 0.1) is 21.4 Å². The van der Waals surface area contributed by atoms with E-state index in [1.807, 2.05) is 11.3 Å². The lowest BCUT2D eigenvalue weighted by atomic mass is 9.96. The summed E-state index contributed by atoms with van der Waals surface area (Å²) in [6.45, 7) is 0. The van der Waals surface area contributed by atoms with Crippen LogP contribution in [0.25, 0.3) is 125 Å². The van der Waals surface area contributed by atoms with Gasteiger partial charge in [0.15, 0.2) is 17.5 Å². The van der Waals surface area contributed by atoms with Gasteiger partial charge in [-0.25, -0.2) is 15.0 Å². The Morgan fingerprint density at radius 2 is 0.917 bits per heavy atom. The topological polar surface area (TPSA) is 43.6 Å². The number of aromatic nitrogens is 4. The summed E-state index contributed by atoms with van der Waals surface area (Å²) in [6, 6.07) is 69.7. The van der Waals surface area contributed by atoms with Crippen LogP contribution >= 0.6 is 11.3 Å². The van der Waals surface area contributed by atoms with E-state index in [2.05, 4.69) is 199 Å². The standard InChI is InChI=1S/C55H32N4S/c1-2-16-35-32-49-45(30-34(35)15-1)41-23-9-11-26-47(41)59(49)48-29-28-44(51-43-24-10-12-27-50(43)60-52(48)51)54-56-53(42-25-13-18-33-14-3-5-19-37(33)42)57-55(58-54)46-31-36-17-4-6-20-38(36)39-21-7-8-22-40(39)46/h1-32H. The Morgan fingerprint density at radius 1 is 0.333 bits per heavy atom. The zero-order valence-electron chi connectivity index (χ0n) is 32.2. The van der Waals surface area contributed by atoms with Gasteiger partial charge in [-0.1, -0.05) is 152 Å². The maximum absolute atomic E-state index is 5.47. The monoisotopic (exact) mass is 780 g/mol.